The highest BCUT2D eigenvalue weighted by Gasteiger charge is 2.12. The fraction of sp³-hybridized carbons (Fsp3) is 0.0833. The molecule has 106 valence electrons. The summed E-state index contributed by atoms with van der Waals surface area (Å²) in [6, 6.07) is 8.82. The molecule has 0 bridgehead atoms. The van der Waals surface area contributed by atoms with Crippen LogP contribution in [0.15, 0.2) is 30.3 Å². The zero-order valence-electron chi connectivity index (χ0n) is 10.5. The van der Waals surface area contributed by atoms with Crippen LogP contribution < -0.4 is 5.32 Å². The Morgan fingerprint density at radius 1 is 1.19 bits per heavy atom. The Hall–Kier alpha value is -2.99. The lowest BCUT2D eigenvalue weighted by molar-refractivity contribution is -0.384. The zero-order valence-corrected chi connectivity index (χ0v) is 11.3. The summed E-state index contributed by atoms with van der Waals surface area (Å²) in [7, 11) is 0. The van der Waals surface area contributed by atoms with Crippen molar-refractivity contribution in [3.05, 3.63) is 61.0 Å². The first-order valence-corrected chi connectivity index (χ1v) is 6.48. The molecule has 2 aromatic rings. The third kappa shape index (κ3) is 3.31. The number of thiophene rings is 1. The number of non-ortho nitro benzene ring substituents is 1. The van der Waals surface area contributed by atoms with Crippen molar-refractivity contribution >= 4 is 27.7 Å². The summed E-state index contributed by atoms with van der Waals surface area (Å²) < 4.78 is 0. The third-order valence-electron chi connectivity index (χ3n) is 2.61. The van der Waals surface area contributed by atoms with Crippen LogP contribution in [0.4, 0.5) is 16.4 Å². The van der Waals surface area contributed by atoms with Gasteiger partial charge in [0.15, 0.2) is 0 Å². The van der Waals surface area contributed by atoms with Gasteiger partial charge < -0.3 is 5.32 Å². The Kier molecular flexibility index (Phi) is 4.10. The lowest BCUT2D eigenvalue weighted by atomic mass is 10.1. The molecule has 0 saturated heterocycles. The first-order chi connectivity index (χ1) is 10.0. The predicted molar refractivity (Wildman–Crippen MR) is 76.1 cm³/mol. The molecule has 0 amide bonds. The van der Waals surface area contributed by atoms with Crippen molar-refractivity contribution in [2.75, 3.05) is 5.32 Å². The predicted octanol–water partition coefficient (Wildman–Crippen LogP) is 3.05. The van der Waals surface area contributed by atoms with Gasteiger partial charge in [-0.15, -0.1) is 0 Å². The topological polar surface area (TPSA) is 122 Å². The first kappa shape index (κ1) is 14.4. The standard InChI is InChI=1S/C12H8N4O4S/c13-6-8-5-9(15(17)18)1-3-11(8)14-7-10-2-4-12(21-10)16(19)20/h1-5,14H,7H2. The monoisotopic (exact) mass is 304 g/mol. The van der Waals surface area contributed by atoms with Crippen LogP contribution in [0.2, 0.25) is 0 Å². The molecule has 8 nitrogen and oxygen atoms in total. The number of hydrogen-bond acceptors (Lipinski definition) is 7. The molecule has 0 aliphatic heterocycles. The molecule has 0 radical (unpaired) electrons. The van der Waals surface area contributed by atoms with E-state index in [1.807, 2.05) is 6.07 Å². The molecule has 1 aromatic carbocycles. The average molecular weight is 304 g/mol. The minimum absolute atomic E-state index is 0.0380. The van der Waals surface area contributed by atoms with Crippen molar-refractivity contribution in [2.45, 2.75) is 6.54 Å². The van der Waals surface area contributed by atoms with Crippen LogP contribution in [0, 0.1) is 31.6 Å². The summed E-state index contributed by atoms with van der Waals surface area (Å²) >= 11 is 1.03. The van der Waals surface area contributed by atoms with E-state index in [1.54, 1.807) is 6.07 Å². The molecule has 1 aromatic heterocycles. The molecule has 0 saturated carbocycles. The third-order valence-corrected chi connectivity index (χ3v) is 3.65. The van der Waals surface area contributed by atoms with Gasteiger partial charge in [-0.25, -0.2) is 0 Å². The van der Waals surface area contributed by atoms with Gasteiger partial charge in [-0.2, -0.15) is 5.26 Å². The normalized spacial score (nSPS) is 9.86. The number of anilines is 1. The molecule has 21 heavy (non-hydrogen) atoms. The highest BCUT2D eigenvalue weighted by Crippen LogP contribution is 2.26. The summed E-state index contributed by atoms with van der Waals surface area (Å²) in [4.78, 5) is 20.9. The summed E-state index contributed by atoms with van der Waals surface area (Å²) in [5.41, 5.74) is 0.429. The van der Waals surface area contributed by atoms with E-state index < -0.39 is 9.85 Å². The van der Waals surface area contributed by atoms with E-state index in [-0.39, 0.29) is 16.3 Å². The summed E-state index contributed by atoms with van der Waals surface area (Å²) in [5, 5.41) is 33.2. The van der Waals surface area contributed by atoms with Gasteiger partial charge in [0.1, 0.15) is 6.07 Å². The average Bonchev–Trinajstić information content (AvgIpc) is 2.93. The number of nitriles is 1. The lowest BCUT2D eigenvalue weighted by Crippen LogP contribution is -2.00. The molecule has 0 unspecified atom stereocenters. The van der Waals surface area contributed by atoms with E-state index in [0.717, 1.165) is 16.2 Å². The van der Waals surface area contributed by atoms with Crippen LogP contribution >= 0.6 is 11.3 Å². The summed E-state index contributed by atoms with van der Waals surface area (Å²) in [5.74, 6) is 0. The molecule has 0 atom stereocenters. The second kappa shape index (κ2) is 5.98. The van der Waals surface area contributed by atoms with Crippen molar-refractivity contribution in [3.8, 4) is 6.07 Å². The molecule has 2 rings (SSSR count). The maximum Gasteiger partial charge on any atom is 0.324 e. The fourth-order valence-corrected chi connectivity index (χ4v) is 2.39. The largest absolute Gasteiger partial charge is 0.379 e. The number of nitro benzene ring substituents is 1. The Morgan fingerprint density at radius 3 is 2.52 bits per heavy atom. The van der Waals surface area contributed by atoms with E-state index in [0.29, 0.717) is 12.2 Å². The molecular formula is C12H8N4O4S. The molecule has 1 heterocycles. The van der Waals surface area contributed by atoms with Gasteiger partial charge in [0, 0.05) is 29.6 Å². The van der Waals surface area contributed by atoms with Crippen LogP contribution in [-0.2, 0) is 6.54 Å². The van der Waals surface area contributed by atoms with Crippen molar-refractivity contribution in [2.24, 2.45) is 0 Å². The van der Waals surface area contributed by atoms with Gasteiger partial charge in [0.05, 0.1) is 21.1 Å². The Labute approximate surface area is 122 Å². The number of rotatable bonds is 5. The molecule has 0 aliphatic rings. The van der Waals surface area contributed by atoms with E-state index in [2.05, 4.69) is 5.32 Å². The van der Waals surface area contributed by atoms with E-state index >= 15 is 0 Å². The van der Waals surface area contributed by atoms with Crippen LogP contribution in [-0.4, -0.2) is 9.85 Å². The highest BCUT2D eigenvalue weighted by atomic mass is 32.1. The summed E-state index contributed by atoms with van der Waals surface area (Å²) in [6.07, 6.45) is 0. The van der Waals surface area contributed by atoms with Crippen molar-refractivity contribution in [3.63, 3.8) is 0 Å². The van der Waals surface area contributed by atoms with Crippen LogP contribution in [0.3, 0.4) is 0 Å². The van der Waals surface area contributed by atoms with Gasteiger partial charge >= 0.3 is 5.00 Å². The second-order valence-corrected chi connectivity index (χ2v) is 5.10. The number of benzene rings is 1. The van der Waals surface area contributed by atoms with E-state index in [9.17, 15) is 20.2 Å². The quantitative estimate of drug-likeness (QED) is 0.669. The molecule has 1 N–H and O–H groups in total. The number of nitro groups is 2. The smallest absolute Gasteiger partial charge is 0.324 e. The molecule has 0 aliphatic carbocycles. The molecule has 0 fully saturated rings. The maximum absolute atomic E-state index is 10.6. The SMILES string of the molecule is N#Cc1cc([N+](=O)[O-])ccc1NCc1ccc([N+](=O)[O-])s1. The fourth-order valence-electron chi connectivity index (χ4n) is 1.63. The van der Waals surface area contributed by atoms with Crippen molar-refractivity contribution in [1.82, 2.24) is 0 Å². The van der Waals surface area contributed by atoms with Crippen molar-refractivity contribution in [1.29, 1.82) is 5.26 Å². The second-order valence-electron chi connectivity index (χ2n) is 3.95. The zero-order chi connectivity index (χ0) is 15.4. The molecule has 9 heteroatoms. The maximum atomic E-state index is 10.6. The van der Waals surface area contributed by atoms with Crippen molar-refractivity contribution < 1.29 is 9.85 Å². The van der Waals surface area contributed by atoms with Gasteiger partial charge in [0.2, 0.25) is 0 Å². The number of hydrogen-bond donors (Lipinski definition) is 1. The van der Waals surface area contributed by atoms with Crippen LogP contribution in [0.5, 0.6) is 0 Å². The minimum Gasteiger partial charge on any atom is -0.379 e. The Bertz CT molecular complexity index is 750. The Balaban J connectivity index is 2.14. The van der Waals surface area contributed by atoms with E-state index in [4.69, 9.17) is 5.26 Å². The molecule has 0 spiro atoms. The highest BCUT2D eigenvalue weighted by molar-refractivity contribution is 7.15. The van der Waals surface area contributed by atoms with E-state index in [1.165, 1.54) is 24.3 Å². The summed E-state index contributed by atoms with van der Waals surface area (Å²) in [6.45, 7) is 0.297. The van der Waals surface area contributed by atoms with Gasteiger partial charge in [0.25, 0.3) is 5.69 Å². The number of nitrogens with one attached hydrogen (secondary N) is 1. The first-order valence-electron chi connectivity index (χ1n) is 5.67. The van der Waals surface area contributed by atoms with Gasteiger partial charge in [-0.1, -0.05) is 11.3 Å². The Morgan fingerprint density at radius 2 is 1.95 bits per heavy atom. The van der Waals surface area contributed by atoms with Gasteiger partial charge in [-0.05, 0) is 12.1 Å². The van der Waals surface area contributed by atoms with Gasteiger partial charge in [-0.3, -0.25) is 20.2 Å². The lowest BCUT2D eigenvalue weighted by Gasteiger charge is -2.06. The number of nitrogens with zero attached hydrogens (tertiary/aromatic N) is 3. The van der Waals surface area contributed by atoms with Crippen LogP contribution in [0.25, 0.3) is 0 Å². The molecular weight excluding hydrogens is 296 g/mol. The minimum atomic E-state index is -0.576. The van der Waals surface area contributed by atoms with Crippen LogP contribution in [0.1, 0.15) is 10.4 Å².